The van der Waals surface area contributed by atoms with Crippen LogP contribution in [0.25, 0.3) is 0 Å². The van der Waals surface area contributed by atoms with Crippen LogP contribution in [0.1, 0.15) is 93.7 Å². The summed E-state index contributed by atoms with van der Waals surface area (Å²) < 4.78 is 69.0. The summed E-state index contributed by atoms with van der Waals surface area (Å²) in [6, 6.07) is 1.50. The highest BCUT2D eigenvalue weighted by molar-refractivity contribution is 5.86. The van der Waals surface area contributed by atoms with Crippen LogP contribution < -0.4 is 0 Å². The molecule has 8 aliphatic rings. The summed E-state index contributed by atoms with van der Waals surface area (Å²) in [6.45, 7) is 13.5. The van der Waals surface area contributed by atoms with E-state index in [1.165, 1.54) is 67.1 Å². The molecule has 20 nitrogen and oxygen atoms in total. The van der Waals surface area contributed by atoms with Gasteiger partial charge in [-0.3, -0.25) is 24.0 Å². The Kier molecular flexibility index (Phi) is 8.86. The van der Waals surface area contributed by atoms with Crippen molar-refractivity contribution < 1.29 is 95.6 Å². The molecule has 17 atom stereocenters. The Labute approximate surface area is 360 Å². The van der Waals surface area contributed by atoms with E-state index < -0.39 is 159 Å². The van der Waals surface area contributed by atoms with E-state index in [1.54, 1.807) is 0 Å². The van der Waals surface area contributed by atoms with Gasteiger partial charge in [0.05, 0.1) is 42.3 Å². The summed E-state index contributed by atoms with van der Waals surface area (Å²) in [5, 5.41) is 28.1. The second-order valence-electron chi connectivity index (χ2n) is 19.7. The lowest BCUT2D eigenvalue weighted by Gasteiger charge is -2.76. The number of carbonyl (C=O) groups excluding carboxylic acids is 7. The van der Waals surface area contributed by atoms with Gasteiger partial charge in [0, 0.05) is 50.0 Å². The Hall–Kier alpha value is -4.63. The number of furan rings is 1. The molecule has 1 aromatic heterocycles. The van der Waals surface area contributed by atoms with E-state index in [9.17, 15) is 43.8 Å². The molecule has 9 rings (SSSR count). The molecule has 4 heterocycles. The predicted molar refractivity (Wildman–Crippen MR) is 200 cm³/mol. The number of aliphatic hydroxyl groups is 2. The van der Waals surface area contributed by atoms with E-state index in [4.69, 9.17) is 51.8 Å². The van der Waals surface area contributed by atoms with Gasteiger partial charge in [0.25, 0.3) is 5.97 Å². The third-order valence-electron chi connectivity index (χ3n) is 16.0. The molecule has 0 amide bonds. The number of cyclic esters (lactones) is 1. The van der Waals surface area contributed by atoms with Gasteiger partial charge < -0.3 is 62.0 Å². The standard InChI is InChI=1S/C43H52O20/c1-17(2)29(47)59-28-32(50)58-25(22-12-13-54-14-22)38-16-39(28,38)43-34(60-30(48)18(3)4)41(52)33(57-21(7)46)35(8)15-40(41,51)36(9,24(35)23(31(49)53-11)55-19(5)44)42(43)27(26(38)56-20(6)45)61-37(10,62-42)63-43/h12-14,17-18,23-28,33-34,51-52H,15-16H2,1-11H3/t23-,24+,25+,26+,27-,28+,33+,34-,35+,36-,37?,38-,39-,40-,41+,42+,43+/m1/s1. The van der Waals surface area contributed by atoms with Crippen molar-refractivity contribution in [1.82, 2.24) is 0 Å². The van der Waals surface area contributed by atoms with E-state index in [2.05, 4.69) is 0 Å². The van der Waals surface area contributed by atoms with Gasteiger partial charge in [-0.1, -0.05) is 41.5 Å². The van der Waals surface area contributed by atoms with Gasteiger partial charge in [-0.15, -0.1) is 0 Å². The molecule has 1 spiro atoms. The van der Waals surface area contributed by atoms with Crippen LogP contribution >= 0.6 is 0 Å². The van der Waals surface area contributed by atoms with Crippen LogP contribution in [0.5, 0.6) is 0 Å². The summed E-state index contributed by atoms with van der Waals surface area (Å²) >= 11 is 0. The molecule has 5 aliphatic carbocycles. The van der Waals surface area contributed by atoms with Crippen molar-refractivity contribution in [1.29, 1.82) is 0 Å². The summed E-state index contributed by atoms with van der Waals surface area (Å²) in [5.74, 6) is -12.6. The highest BCUT2D eigenvalue weighted by Crippen LogP contribution is 2.95. The molecule has 0 aromatic carbocycles. The lowest BCUT2D eigenvalue weighted by atomic mass is 9.33. The van der Waals surface area contributed by atoms with E-state index in [0.717, 1.165) is 27.9 Å². The van der Waals surface area contributed by atoms with Gasteiger partial charge in [0.1, 0.15) is 35.6 Å². The fraction of sp³-hybridized carbons (Fsp3) is 0.744. The maximum Gasteiger partial charge on any atom is 0.348 e. The Balaban J connectivity index is 1.48. The van der Waals surface area contributed by atoms with Crippen molar-refractivity contribution in [3.8, 4) is 0 Å². The molecule has 3 saturated heterocycles. The first-order valence-corrected chi connectivity index (χ1v) is 21.0. The van der Waals surface area contributed by atoms with E-state index >= 15 is 0 Å². The maximum atomic E-state index is 15.0. The summed E-state index contributed by atoms with van der Waals surface area (Å²) in [6.07, 6.45) is -11.1. The third-order valence-corrected chi connectivity index (χ3v) is 16.0. The minimum Gasteiger partial charge on any atom is -0.472 e. The number of fused-ring (bicyclic) bond motifs is 2. The van der Waals surface area contributed by atoms with E-state index in [0.29, 0.717) is 0 Å². The van der Waals surface area contributed by atoms with E-state index in [1.807, 2.05) is 0 Å². The molecule has 63 heavy (non-hydrogen) atoms. The fourth-order valence-electron chi connectivity index (χ4n) is 14.4. The molecular weight excluding hydrogens is 836 g/mol. The van der Waals surface area contributed by atoms with Crippen molar-refractivity contribution in [3.05, 3.63) is 24.2 Å². The zero-order valence-electron chi connectivity index (χ0n) is 36.7. The van der Waals surface area contributed by atoms with Gasteiger partial charge in [0.2, 0.25) is 12.2 Å². The molecule has 8 fully saturated rings. The third kappa shape index (κ3) is 4.52. The second-order valence-corrected chi connectivity index (χ2v) is 19.7. The Morgan fingerprint density at radius 3 is 1.97 bits per heavy atom. The van der Waals surface area contributed by atoms with Gasteiger partial charge in [0.15, 0.2) is 17.3 Å². The van der Waals surface area contributed by atoms with Crippen LogP contribution in [-0.4, -0.2) is 124 Å². The van der Waals surface area contributed by atoms with E-state index in [-0.39, 0.29) is 12.0 Å². The quantitative estimate of drug-likeness (QED) is 0.249. The first kappa shape index (κ1) is 43.6. The van der Waals surface area contributed by atoms with Gasteiger partial charge in [-0.05, 0) is 18.9 Å². The average molecular weight is 889 g/mol. The normalized spacial score (nSPS) is 48.0. The van der Waals surface area contributed by atoms with Gasteiger partial charge >= 0.3 is 41.8 Å². The molecular formula is C43H52O20. The summed E-state index contributed by atoms with van der Waals surface area (Å²) in [7, 11) is 1.04. The average Bonchev–Trinajstić information content (AvgIpc) is 3.54. The van der Waals surface area contributed by atoms with Crippen molar-refractivity contribution in [2.24, 2.45) is 39.4 Å². The number of hydrogen-bond acceptors (Lipinski definition) is 20. The van der Waals surface area contributed by atoms with Crippen molar-refractivity contribution >= 4 is 41.8 Å². The van der Waals surface area contributed by atoms with Crippen molar-refractivity contribution in [2.75, 3.05) is 7.11 Å². The lowest BCUT2D eigenvalue weighted by molar-refractivity contribution is -0.455. The Morgan fingerprint density at radius 2 is 1.41 bits per heavy atom. The Bertz CT molecular complexity index is 2240. The predicted octanol–water partition coefficient (Wildman–Crippen LogP) is 1.49. The molecule has 3 aliphatic heterocycles. The summed E-state index contributed by atoms with van der Waals surface area (Å²) in [5.41, 5.74) is -18.6. The first-order chi connectivity index (χ1) is 29.2. The van der Waals surface area contributed by atoms with Gasteiger partial charge in [-0.2, -0.15) is 0 Å². The molecule has 4 bridgehead atoms. The molecule has 5 saturated carbocycles. The van der Waals surface area contributed by atoms with Crippen LogP contribution in [-0.2, 0) is 80.9 Å². The topological polar surface area (TPSA) is 265 Å². The van der Waals surface area contributed by atoms with Crippen LogP contribution in [0, 0.1) is 39.4 Å². The minimum atomic E-state index is -2.98. The Morgan fingerprint density at radius 1 is 0.794 bits per heavy atom. The van der Waals surface area contributed by atoms with Crippen LogP contribution in [0.2, 0.25) is 0 Å². The number of esters is 7. The lowest BCUT2D eigenvalue weighted by Crippen LogP contribution is -2.97. The minimum absolute atomic E-state index is 0.252. The molecule has 2 N–H and O–H groups in total. The zero-order chi connectivity index (χ0) is 46.2. The molecule has 20 heteroatoms. The second kappa shape index (κ2) is 12.8. The molecule has 344 valence electrons. The van der Waals surface area contributed by atoms with Crippen LogP contribution in [0.4, 0.5) is 0 Å². The molecule has 0 radical (unpaired) electrons. The highest BCUT2D eigenvalue weighted by atomic mass is 17.0. The number of hydrogen-bond donors (Lipinski definition) is 2. The maximum absolute atomic E-state index is 15.0. The number of rotatable bonds is 10. The highest BCUT2D eigenvalue weighted by Gasteiger charge is 3.11. The van der Waals surface area contributed by atoms with Crippen molar-refractivity contribution in [3.63, 3.8) is 0 Å². The molecule has 1 aromatic rings. The van der Waals surface area contributed by atoms with Gasteiger partial charge in [-0.25, -0.2) is 9.59 Å². The number of ether oxygens (including phenoxy) is 10. The largest absolute Gasteiger partial charge is 0.472 e. The smallest absolute Gasteiger partial charge is 0.348 e. The first-order valence-electron chi connectivity index (χ1n) is 21.0. The number of methoxy groups -OCH3 is 1. The zero-order valence-corrected chi connectivity index (χ0v) is 36.7. The van der Waals surface area contributed by atoms with Crippen LogP contribution in [0.15, 0.2) is 23.0 Å². The SMILES string of the molecule is COC(=O)[C@H](OC(C)=O)[C@H]1[C@]2(C)C[C@]3(O)[C@@](O)([C@@H](OC(=O)C(C)C)[C@]45OC6(C)O[C@H]([C@H](OC(C)=O)[C@]78C[C@@]74[C@@H](OC(=O)C(C)C)C(=O)O[C@H]8c4ccoc4)[C@]5(O6)[C@]13C)[C@H]2OC(C)=O. The monoisotopic (exact) mass is 888 g/mol. The number of carbonyl (C=O) groups is 7. The fourth-order valence-corrected chi connectivity index (χ4v) is 14.4. The van der Waals surface area contributed by atoms with Crippen molar-refractivity contribution in [2.45, 2.75) is 153 Å². The van der Waals surface area contributed by atoms with Crippen LogP contribution in [0.3, 0.4) is 0 Å². The molecule has 1 unspecified atom stereocenters. The summed E-state index contributed by atoms with van der Waals surface area (Å²) in [4.78, 5) is 97.5.